The highest BCUT2D eigenvalue weighted by molar-refractivity contribution is 6.34. The van der Waals surface area contributed by atoms with E-state index in [1.165, 1.54) is 4.90 Å². The number of rotatable bonds is 11. The van der Waals surface area contributed by atoms with Crippen molar-refractivity contribution in [1.82, 2.24) is 10.2 Å². The predicted molar refractivity (Wildman–Crippen MR) is 156 cm³/mol. The van der Waals surface area contributed by atoms with E-state index in [0.29, 0.717) is 28.3 Å². The van der Waals surface area contributed by atoms with Crippen molar-refractivity contribution >= 4 is 41.1 Å². The Bertz CT molecular complexity index is 1240. The van der Waals surface area contributed by atoms with Gasteiger partial charge >= 0.3 is 6.09 Å². The van der Waals surface area contributed by atoms with Crippen LogP contribution in [0.5, 0.6) is 0 Å². The number of nitrogens with one attached hydrogen (secondary N) is 2. The maximum Gasteiger partial charge on any atom is 0.408 e. The molecule has 2 rings (SSSR count). The Hall–Kier alpha value is -4.03. The number of hydrogen-bond acceptors (Lipinski definition) is 5. The number of anilines is 1. The van der Waals surface area contributed by atoms with Gasteiger partial charge in [0.15, 0.2) is 0 Å². The molecule has 2 aromatic rings. The summed E-state index contributed by atoms with van der Waals surface area (Å²) in [7, 11) is 0. The van der Waals surface area contributed by atoms with Crippen LogP contribution in [0.25, 0.3) is 0 Å². The van der Waals surface area contributed by atoms with E-state index >= 15 is 0 Å². The molecule has 4 amide bonds. The van der Waals surface area contributed by atoms with Crippen molar-refractivity contribution in [2.45, 2.75) is 71.6 Å². The van der Waals surface area contributed by atoms with Gasteiger partial charge in [0, 0.05) is 18.5 Å². The lowest BCUT2D eigenvalue weighted by molar-refractivity contribution is -0.141. The minimum Gasteiger partial charge on any atom is -0.444 e. The maximum absolute atomic E-state index is 14.0. The van der Waals surface area contributed by atoms with Crippen LogP contribution in [0.4, 0.5) is 10.5 Å². The number of primary amides is 1. The molecule has 9 nitrogen and oxygen atoms in total. The molecule has 0 bridgehead atoms. The molecule has 0 aliphatic heterocycles. The molecule has 0 spiro atoms. The van der Waals surface area contributed by atoms with Crippen LogP contribution in [-0.2, 0) is 19.1 Å². The van der Waals surface area contributed by atoms with Crippen LogP contribution in [0.15, 0.2) is 42.5 Å². The summed E-state index contributed by atoms with van der Waals surface area (Å²) in [6.45, 7) is 8.89. The topological polar surface area (TPSA) is 131 Å². The minimum atomic E-state index is -1.18. The number of aryl methyl sites for hydroxylation is 1. The molecule has 0 saturated heterocycles. The fourth-order valence-electron chi connectivity index (χ4n) is 4.02. The van der Waals surface area contributed by atoms with Gasteiger partial charge in [-0.1, -0.05) is 48.7 Å². The summed E-state index contributed by atoms with van der Waals surface area (Å²) >= 11 is 6.38. The summed E-state index contributed by atoms with van der Waals surface area (Å²) in [5, 5.41) is 5.77. The number of benzene rings is 2. The molecule has 0 saturated carbocycles. The molecular weight excluding hydrogens is 532 g/mol. The number of nitrogens with zero attached hydrogens (tertiary/aromatic N) is 1. The highest BCUT2D eigenvalue weighted by atomic mass is 35.5. The van der Waals surface area contributed by atoms with Crippen molar-refractivity contribution < 1.29 is 23.9 Å². The van der Waals surface area contributed by atoms with Gasteiger partial charge in [-0.15, -0.1) is 6.42 Å². The standard InChI is InChI=1S/C30H37ClN4O5/c1-7-18-35(28(38)23(16-17-24(32)36)33-29(39)40-30(4,5)6)26(21-14-12-20(8-2)13-15-21)27(37)34-25-19(3)10-9-11-22(25)31/h2,9-15,23,26H,7,16-18H2,1,3-6H3,(H2,32,36)(H,33,39)(H,34,37). The number of alkyl carbamates (subject to hydrolysis) is 1. The van der Waals surface area contributed by atoms with Gasteiger partial charge in [-0.3, -0.25) is 14.4 Å². The fourth-order valence-corrected chi connectivity index (χ4v) is 4.29. The summed E-state index contributed by atoms with van der Waals surface area (Å²) in [5.74, 6) is 0.803. The van der Waals surface area contributed by atoms with E-state index in [2.05, 4.69) is 16.6 Å². The second kappa shape index (κ2) is 14.4. The second-order valence-electron chi connectivity index (χ2n) is 10.3. The predicted octanol–water partition coefficient (Wildman–Crippen LogP) is 4.71. The van der Waals surface area contributed by atoms with Gasteiger partial charge in [0.05, 0.1) is 10.7 Å². The van der Waals surface area contributed by atoms with Crippen molar-refractivity contribution in [2.75, 3.05) is 11.9 Å². The van der Waals surface area contributed by atoms with Crippen LogP contribution < -0.4 is 16.4 Å². The van der Waals surface area contributed by atoms with Crippen LogP contribution in [-0.4, -0.2) is 46.9 Å². The monoisotopic (exact) mass is 568 g/mol. The zero-order valence-electron chi connectivity index (χ0n) is 23.5. The van der Waals surface area contributed by atoms with E-state index in [4.69, 9.17) is 28.5 Å². The molecular formula is C30H37ClN4O5. The van der Waals surface area contributed by atoms with Gasteiger partial charge in [0.25, 0.3) is 5.91 Å². The van der Waals surface area contributed by atoms with E-state index in [-0.39, 0.29) is 19.4 Å². The molecule has 0 radical (unpaired) electrons. The molecule has 0 aliphatic carbocycles. The highest BCUT2D eigenvalue weighted by Gasteiger charge is 2.36. The molecule has 0 aliphatic rings. The van der Waals surface area contributed by atoms with Crippen LogP contribution in [0, 0.1) is 19.3 Å². The molecule has 2 aromatic carbocycles. The summed E-state index contributed by atoms with van der Waals surface area (Å²) in [6, 6.07) is 9.62. The van der Waals surface area contributed by atoms with E-state index in [1.54, 1.807) is 70.2 Å². The SMILES string of the molecule is C#Cc1ccc(C(C(=O)Nc2c(C)cccc2Cl)N(CCC)C(=O)C(CCC(N)=O)NC(=O)OC(C)(C)C)cc1. The Balaban J connectivity index is 2.56. The Morgan fingerprint density at radius 1 is 1.12 bits per heavy atom. The number of amides is 4. The van der Waals surface area contributed by atoms with Crippen molar-refractivity contribution in [3.8, 4) is 12.3 Å². The van der Waals surface area contributed by atoms with Crippen molar-refractivity contribution in [3.05, 3.63) is 64.2 Å². The maximum atomic E-state index is 14.0. The second-order valence-corrected chi connectivity index (χ2v) is 10.7. The highest BCUT2D eigenvalue weighted by Crippen LogP contribution is 2.30. The molecule has 2 unspecified atom stereocenters. The zero-order chi connectivity index (χ0) is 30.0. The number of carbonyl (C=O) groups excluding carboxylic acids is 4. The van der Waals surface area contributed by atoms with E-state index < -0.39 is 41.5 Å². The number of para-hydroxylation sites is 1. The lowest BCUT2D eigenvalue weighted by atomic mass is 9.99. The van der Waals surface area contributed by atoms with Gasteiger partial charge in [-0.2, -0.15) is 0 Å². The first-order chi connectivity index (χ1) is 18.8. The lowest BCUT2D eigenvalue weighted by Crippen LogP contribution is -2.52. The first-order valence-corrected chi connectivity index (χ1v) is 13.4. The molecule has 214 valence electrons. The molecule has 10 heteroatoms. The normalized spacial score (nSPS) is 12.4. The Morgan fingerprint density at radius 3 is 2.30 bits per heavy atom. The third-order valence-electron chi connectivity index (χ3n) is 5.84. The molecule has 4 N–H and O–H groups in total. The molecule has 0 aromatic heterocycles. The number of halogens is 1. The van der Waals surface area contributed by atoms with Crippen LogP contribution in [0.3, 0.4) is 0 Å². The summed E-state index contributed by atoms with van der Waals surface area (Å²) < 4.78 is 5.34. The number of nitrogens with two attached hydrogens (primary N) is 1. The van der Waals surface area contributed by atoms with Crippen LogP contribution in [0.2, 0.25) is 5.02 Å². The average molecular weight is 569 g/mol. The minimum absolute atomic E-state index is 0.0817. The third-order valence-corrected chi connectivity index (χ3v) is 6.15. The fraction of sp³-hybridized carbons (Fsp3) is 0.400. The van der Waals surface area contributed by atoms with E-state index in [1.807, 2.05) is 6.92 Å². The van der Waals surface area contributed by atoms with E-state index in [9.17, 15) is 19.2 Å². The van der Waals surface area contributed by atoms with Crippen molar-refractivity contribution in [3.63, 3.8) is 0 Å². The Morgan fingerprint density at radius 2 is 1.77 bits per heavy atom. The first kappa shape index (κ1) is 32.2. The van der Waals surface area contributed by atoms with Gasteiger partial charge in [-0.05, 0) is 69.9 Å². The quantitative estimate of drug-likeness (QED) is 0.338. The summed E-state index contributed by atoms with van der Waals surface area (Å²) in [5.41, 5.74) is 6.78. The Kier molecular flexibility index (Phi) is 11.6. The lowest BCUT2D eigenvalue weighted by Gasteiger charge is -2.34. The molecule has 2 atom stereocenters. The van der Waals surface area contributed by atoms with Crippen LogP contribution >= 0.6 is 11.6 Å². The number of carbonyl (C=O) groups is 4. The smallest absolute Gasteiger partial charge is 0.408 e. The number of terminal acetylenes is 1. The van der Waals surface area contributed by atoms with Gasteiger partial charge in [0.1, 0.15) is 17.7 Å². The Labute approximate surface area is 240 Å². The van der Waals surface area contributed by atoms with Gasteiger partial charge in [-0.25, -0.2) is 4.79 Å². The summed E-state index contributed by atoms with van der Waals surface area (Å²) in [6.07, 6.45) is 4.93. The number of ether oxygens (including phenoxy) is 1. The average Bonchev–Trinajstić information content (AvgIpc) is 2.87. The summed E-state index contributed by atoms with van der Waals surface area (Å²) in [4.78, 5) is 53.5. The molecule has 0 heterocycles. The molecule has 0 fully saturated rings. The first-order valence-electron chi connectivity index (χ1n) is 13.0. The van der Waals surface area contributed by atoms with E-state index in [0.717, 1.165) is 5.56 Å². The van der Waals surface area contributed by atoms with Gasteiger partial charge < -0.3 is 26.0 Å². The van der Waals surface area contributed by atoms with Crippen molar-refractivity contribution in [2.24, 2.45) is 5.73 Å². The van der Waals surface area contributed by atoms with Gasteiger partial charge in [0.2, 0.25) is 11.8 Å². The zero-order valence-corrected chi connectivity index (χ0v) is 24.3. The third kappa shape index (κ3) is 9.31. The number of hydrogen-bond donors (Lipinski definition) is 3. The van der Waals surface area contributed by atoms with Crippen molar-refractivity contribution in [1.29, 1.82) is 0 Å². The van der Waals surface area contributed by atoms with Crippen LogP contribution in [0.1, 0.15) is 69.7 Å². The largest absolute Gasteiger partial charge is 0.444 e. The molecule has 40 heavy (non-hydrogen) atoms.